The number of benzene rings is 1. The molecular weight excluding hydrogens is 226 g/mol. The number of methoxy groups -OCH3 is 2. The van der Waals surface area contributed by atoms with E-state index in [0.717, 1.165) is 18.0 Å². The van der Waals surface area contributed by atoms with Crippen molar-refractivity contribution in [1.29, 1.82) is 0 Å². The Morgan fingerprint density at radius 3 is 2.22 bits per heavy atom. The summed E-state index contributed by atoms with van der Waals surface area (Å²) in [5.41, 5.74) is 1.19. The molecule has 0 aliphatic rings. The summed E-state index contributed by atoms with van der Waals surface area (Å²) < 4.78 is 10.5. The van der Waals surface area contributed by atoms with Gasteiger partial charge in [-0.1, -0.05) is 19.8 Å². The molecule has 1 atom stereocenters. The van der Waals surface area contributed by atoms with Crippen molar-refractivity contribution in [2.45, 2.75) is 45.7 Å². The summed E-state index contributed by atoms with van der Waals surface area (Å²) in [5.74, 6) is 1.68. The van der Waals surface area contributed by atoms with Crippen LogP contribution >= 0.6 is 0 Å². The third-order valence-electron chi connectivity index (χ3n) is 3.06. The molecule has 0 saturated heterocycles. The maximum Gasteiger partial charge on any atom is 0.122 e. The average Bonchev–Trinajstić information content (AvgIpc) is 2.42. The highest BCUT2D eigenvalue weighted by molar-refractivity contribution is 5.38. The first kappa shape index (κ1) is 14.8. The minimum atomic E-state index is 0.544. The van der Waals surface area contributed by atoms with Gasteiger partial charge in [0.2, 0.25) is 0 Å². The summed E-state index contributed by atoms with van der Waals surface area (Å²) in [6.07, 6.45) is 3.74. The minimum Gasteiger partial charge on any atom is -0.497 e. The maximum absolute atomic E-state index is 5.26. The van der Waals surface area contributed by atoms with E-state index in [2.05, 4.69) is 19.2 Å². The topological polar surface area (TPSA) is 30.5 Å². The van der Waals surface area contributed by atoms with Gasteiger partial charge in [0.15, 0.2) is 0 Å². The molecule has 1 N–H and O–H groups in total. The summed E-state index contributed by atoms with van der Waals surface area (Å²) in [6, 6.07) is 6.52. The number of rotatable bonds is 8. The second-order valence-electron chi connectivity index (χ2n) is 4.65. The predicted molar refractivity (Wildman–Crippen MR) is 75.4 cm³/mol. The lowest BCUT2D eigenvalue weighted by molar-refractivity contribution is 0.392. The quantitative estimate of drug-likeness (QED) is 0.768. The number of hydrogen-bond donors (Lipinski definition) is 1. The van der Waals surface area contributed by atoms with Gasteiger partial charge >= 0.3 is 0 Å². The van der Waals surface area contributed by atoms with E-state index in [1.54, 1.807) is 14.2 Å². The SMILES string of the molecule is CCCCC(C)NCc1cc(OC)cc(OC)c1. The van der Waals surface area contributed by atoms with E-state index in [4.69, 9.17) is 9.47 Å². The second-order valence-corrected chi connectivity index (χ2v) is 4.65. The summed E-state index contributed by atoms with van der Waals surface area (Å²) in [5, 5.41) is 3.53. The van der Waals surface area contributed by atoms with Gasteiger partial charge in [-0.2, -0.15) is 0 Å². The maximum atomic E-state index is 5.26. The van der Waals surface area contributed by atoms with Gasteiger partial charge in [0.25, 0.3) is 0 Å². The first-order valence-corrected chi connectivity index (χ1v) is 6.65. The van der Waals surface area contributed by atoms with Crippen molar-refractivity contribution in [2.75, 3.05) is 14.2 Å². The standard InChI is InChI=1S/C15H25NO2/c1-5-6-7-12(2)16-11-13-8-14(17-3)10-15(9-13)18-4/h8-10,12,16H,5-7,11H2,1-4H3. The molecule has 0 heterocycles. The van der Waals surface area contributed by atoms with Gasteiger partial charge in [0.1, 0.15) is 11.5 Å². The molecule has 0 bridgehead atoms. The number of hydrogen-bond acceptors (Lipinski definition) is 3. The van der Waals surface area contributed by atoms with E-state index in [1.807, 2.05) is 18.2 Å². The Bertz CT molecular complexity index is 330. The summed E-state index contributed by atoms with van der Waals surface area (Å²) >= 11 is 0. The Balaban J connectivity index is 2.55. The molecule has 3 nitrogen and oxygen atoms in total. The lowest BCUT2D eigenvalue weighted by Gasteiger charge is -2.14. The fourth-order valence-electron chi connectivity index (χ4n) is 1.87. The van der Waals surface area contributed by atoms with Crippen LogP contribution in [-0.2, 0) is 6.54 Å². The normalized spacial score (nSPS) is 12.2. The molecule has 0 aromatic heterocycles. The van der Waals surface area contributed by atoms with Crippen LogP contribution in [0.25, 0.3) is 0 Å². The van der Waals surface area contributed by atoms with Crippen LogP contribution in [0, 0.1) is 0 Å². The Labute approximate surface area is 110 Å². The first-order chi connectivity index (χ1) is 8.69. The van der Waals surface area contributed by atoms with Crippen LogP contribution in [0.2, 0.25) is 0 Å². The predicted octanol–water partition coefficient (Wildman–Crippen LogP) is 3.37. The molecule has 1 aromatic carbocycles. The van der Waals surface area contributed by atoms with Gasteiger partial charge in [-0.05, 0) is 31.0 Å². The Hall–Kier alpha value is -1.22. The lowest BCUT2D eigenvalue weighted by atomic mass is 10.1. The van der Waals surface area contributed by atoms with Crippen LogP contribution in [-0.4, -0.2) is 20.3 Å². The average molecular weight is 251 g/mol. The molecule has 1 unspecified atom stereocenters. The van der Waals surface area contributed by atoms with E-state index < -0.39 is 0 Å². The van der Waals surface area contributed by atoms with E-state index >= 15 is 0 Å². The zero-order valence-electron chi connectivity index (χ0n) is 12.0. The van der Waals surface area contributed by atoms with Crippen molar-refractivity contribution in [3.63, 3.8) is 0 Å². The van der Waals surface area contributed by atoms with Crippen molar-refractivity contribution in [3.8, 4) is 11.5 Å². The van der Waals surface area contributed by atoms with Crippen molar-refractivity contribution >= 4 is 0 Å². The van der Waals surface area contributed by atoms with Crippen LogP contribution in [0.15, 0.2) is 18.2 Å². The molecule has 0 spiro atoms. The fourth-order valence-corrected chi connectivity index (χ4v) is 1.87. The second kappa shape index (κ2) is 7.98. The minimum absolute atomic E-state index is 0.544. The Morgan fingerprint density at radius 1 is 1.11 bits per heavy atom. The number of nitrogens with one attached hydrogen (secondary N) is 1. The monoisotopic (exact) mass is 251 g/mol. The smallest absolute Gasteiger partial charge is 0.122 e. The number of unbranched alkanes of at least 4 members (excludes halogenated alkanes) is 1. The van der Waals surface area contributed by atoms with Gasteiger partial charge < -0.3 is 14.8 Å². The fraction of sp³-hybridized carbons (Fsp3) is 0.600. The Morgan fingerprint density at radius 2 is 1.72 bits per heavy atom. The van der Waals surface area contributed by atoms with E-state index in [1.165, 1.54) is 24.8 Å². The third-order valence-corrected chi connectivity index (χ3v) is 3.06. The molecule has 0 fully saturated rings. The van der Waals surface area contributed by atoms with E-state index in [-0.39, 0.29) is 0 Å². The van der Waals surface area contributed by atoms with E-state index in [0.29, 0.717) is 6.04 Å². The van der Waals surface area contributed by atoms with Crippen LogP contribution in [0.1, 0.15) is 38.7 Å². The highest BCUT2D eigenvalue weighted by Crippen LogP contribution is 2.22. The largest absolute Gasteiger partial charge is 0.497 e. The molecule has 0 amide bonds. The molecule has 1 rings (SSSR count). The summed E-state index contributed by atoms with van der Waals surface area (Å²) in [6.45, 7) is 5.30. The van der Waals surface area contributed by atoms with Gasteiger partial charge in [-0.15, -0.1) is 0 Å². The zero-order chi connectivity index (χ0) is 13.4. The molecule has 0 saturated carbocycles. The number of ether oxygens (including phenoxy) is 2. The zero-order valence-corrected chi connectivity index (χ0v) is 12.0. The third kappa shape index (κ3) is 4.96. The van der Waals surface area contributed by atoms with Crippen molar-refractivity contribution in [3.05, 3.63) is 23.8 Å². The van der Waals surface area contributed by atoms with Crippen molar-refractivity contribution in [1.82, 2.24) is 5.32 Å². The summed E-state index contributed by atoms with van der Waals surface area (Å²) in [7, 11) is 3.35. The van der Waals surface area contributed by atoms with Gasteiger partial charge in [-0.3, -0.25) is 0 Å². The molecule has 102 valence electrons. The first-order valence-electron chi connectivity index (χ1n) is 6.65. The van der Waals surface area contributed by atoms with Gasteiger partial charge in [0, 0.05) is 18.7 Å². The highest BCUT2D eigenvalue weighted by atomic mass is 16.5. The highest BCUT2D eigenvalue weighted by Gasteiger charge is 2.04. The van der Waals surface area contributed by atoms with Gasteiger partial charge in [-0.25, -0.2) is 0 Å². The summed E-state index contributed by atoms with van der Waals surface area (Å²) in [4.78, 5) is 0. The Kier molecular flexibility index (Phi) is 6.58. The van der Waals surface area contributed by atoms with Crippen LogP contribution in [0.4, 0.5) is 0 Å². The lowest BCUT2D eigenvalue weighted by Crippen LogP contribution is -2.25. The van der Waals surface area contributed by atoms with Crippen molar-refractivity contribution < 1.29 is 9.47 Å². The van der Waals surface area contributed by atoms with Crippen LogP contribution < -0.4 is 14.8 Å². The van der Waals surface area contributed by atoms with Crippen molar-refractivity contribution in [2.24, 2.45) is 0 Å². The molecule has 18 heavy (non-hydrogen) atoms. The molecule has 1 aromatic rings. The molecule has 0 aliphatic carbocycles. The molecule has 3 heteroatoms. The van der Waals surface area contributed by atoms with Crippen LogP contribution in [0.5, 0.6) is 11.5 Å². The molecule has 0 radical (unpaired) electrons. The van der Waals surface area contributed by atoms with Crippen LogP contribution in [0.3, 0.4) is 0 Å². The van der Waals surface area contributed by atoms with Gasteiger partial charge in [0.05, 0.1) is 14.2 Å². The molecule has 0 aliphatic heterocycles. The molecular formula is C15H25NO2. The van der Waals surface area contributed by atoms with E-state index in [9.17, 15) is 0 Å².